The van der Waals surface area contributed by atoms with Crippen molar-refractivity contribution in [1.82, 2.24) is 5.16 Å². The lowest BCUT2D eigenvalue weighted by atomic mass is 9.96. The molecule has 7 nitrogen and oxygen atoms in total. The van der Waals surface area contributed by atoms with Crippen LogP contribution in [0.4, 0.5) is 5.69 Å². The van der Waals surface area contributed by atoms with Gasteiger partial charge in [0.2, 0.25) is 5.76 Å². The molecule has 0 saturated carbocycles. The molecule has 0 unspecified atom stereocenters. The minimum Gasteiger partial charge on any atom is -0.504 e. The van der Waals surface area contributed by atoms with Crippen LogP contribution in [-0.2, 0) is 4.79 Å². The highest BCUT2D eigenvalue weighted by Crippen LogP contribution is 2.43. The standard InChI is InChI=1S/C26H19ClN2O5/c1-13-10-22(34-29-13)25(31)23-18-11-17(19(27)12-20(18)28-26(23)32)15-8-6-14(7-9-15)16-4-3-5-21(33-2)24(16)30/h3-12,30-31H,1-2H3,(H,28,32)/b25-23+. The zero-order valence-electron chi connectivity index (χ0n) is 18.2. The topological polar surface area (TPSA) is 105 Å². The van der Waals surface area contributed by atoms with Crippen LogP contribution in [0.1, 0.15) is 17.0 Å². The minimum absolute atomic E-state index is 0.0609. The molecule has 34 heavy (non-hydrogen) atoms. The Balaban J connectivity index is 1.57. The third-order valence-electron chi connectivity index (χ3n) is 5.68. The second-order valence-electron chi connectivity index (χ2n) is 7.82. The predicted octanol–water partition coefficient (Wildman–Crippen LogP) is 6.06. The van der Waals surface area contributed by atoms with Crippen LogP contribution >= 0.6 is 11.6 Å². The highest BCUT2D eigenvalue weighted by atomic mass is 35.5. The molecular weight excluding hydrogens is 456 g/mol. The Labute approximate surface area is 199 Å². The summed E-state index contributed by atoms with van der Waals surface area (Å²) in [6.07, 6.45) is 0. The van der Waals surface area contributed by atoms with Crippen molar-refractivity contribution in [2.24, 2.45) is 0 Å². The van der Waals surface area contributed by atoms with Gasteiger partial charge >= 0.3 is 0 Å². The quantitative estimate of drug-likeness (QED) is 0.245. The van der Waals surface area contributed by atoms with Gasteiger partial charge in [0.15, 0.2) is 17.3 Å². The first-order valence-electron chi connectivity index (χ1n) is 10.4. The number of para-hydroxylation sites is 1. The normalized spacial score (nSPS) is 14.0. The number of amides is 1. The van der Waals surface area contributed by atoms with Crippen LogP contribution in [0.2, 0.25) is 5.02 Å². The summed E-state index contributed by atoms with van der Waals surface area (Å²) in [5.41, 5.74) is 4.58. The number of nitrogens with one attached hydrogen (secondary N) is 1. The fourth-order valence-electron chi connectivity index (χ4n) is 3.99. The fourth-order valence-corrected chi connectivity index (χ4v) is 4.27. The monoisotopic (exact) mass is 474 g/mol. The number of hydrogen-bond donors (Lipinski definition) is 3. The van der Waals surface area contributed by atoms with Crippen LogP contribution in [0.15, 0.2) is 65.2 Å². The summed E-state index contributed by atoms with van der Waals surface area (Å²) in [4.78, 5) is 12.6. The van der Waals surface area contributed by atoms with Gasteiger partial charge in [0.1, 0.15) is 0 Å². The van der Waals surface area contributed by atoms with E-state index in [1.165, 1.54) is 7.11 Å². The van der Waals surface area contributed by atoms with E-state index in [4.69, 9.17) is 20.9 Å². The molecule has 0 spiro atoms. The van der Waals surface area contributed by atoms with Gasteiger partial charge in [-0.15, -0.1) is 0 Å². The third kappa shape index (κ3) is 3.56. The molecule has 3 aromatic carbocycles. The zero-order chi connectivity index (χ0) is 24.0. The number of hydrogen-bond acceptors (Lipinski definition) is 6. The van der Waals surface area contributed by atoms with Crippen LogP contribution in [-0.4, -0.2) is 28.4 Å². The first-order valence-corrected chi connectivity index (χ1v) is 10.7. The molecule has 1 aromatic heterocycles. The van der Waals surface area contributed by atoms with Gasteiger partial charge in [-0.25, -0.2) is 0 Å². The Morgan fingerprint density at radius 2 is 1.74 bits per heavy atom. The summed E-state index contributed by atoms with van der Waals surface area (Å²) in [5.74, 6) is -0.200. The van der Waals surface area contributed by atoms with Crippen molar-refractivity contribution in [3.8, 4) is 33.8 Å². The van der Waals surface area contributed by atoms with E-state index in [2.05, 4.69) is 10.5 Å². The maximum absolute atomic E-state index is 12.6. The van der Waals surface area contributed by atoms with E-state index < -0.39 is 5.91 Å². The molecule has 0 fully saturated rings. The summed E-state index contributed by atoms with van der Waals surface area (Å²) in [5, 5.41) is 28.1. The third-order valence-corrected chi connectivity index (χ3v) is 5.99. The molecule has 2 heterocycles. The summed E-state index contributed by atoms with van der Waals surface area (Å²) < 4.78 is 10.3. The van der Waals surface area contributed by atoms with Crippen LogP contribution in [0.25, 0.3) is 33.6 Å². The number of anilines is 1. The molecule has 0 radical (unpaired) electrons. The number of nitrogens with zero attached hydrogens (tertiary/aromatic N) is 1. The van der Waals surface area contributed by atoms with E-state index in [1.54, 1.807) is 43.3 Å². The molecule has 5 rings (SSSR count). The van der Waals surface area contributed by atoms with Gasteiger partial charge in [-0.1, -0.05) is 53.2 Å². The van der Waals surface area contributed by atoms with Crippen molar-refractivity contribution in [3.63, 3.8) is 0 Å². The number of carbonyl (C=O) groups excluding carboxylic acids is 1. The number of phenols is 1. The van der Waals surface area contributed by atoms with Crippen molar-refractivity contribution in [2.45, 2.75) is 6.92 Å². The molecule has 1 aliphatic rings. The number of phenolic OH excluding ortho intramolecular Hbond substituents is 1. The van der Waals surface area contributed by atoms with Crippen molar-refractivity contribution >= 4 is 34.5 Å². The number of carbonyl (C=O) groups is 1. The lowest BCUT2D eigenvalue weighted by Gasteiger charge is -2.11. The molecule has 1 aliphatic heterocycles. The van der Waals surface area contributed by atoms with Gasteiger partial charge in [0.25, 0.3) is 5.91 Å². The molecule has 1 amide bonds. The van der Waals surface area contributed by atoms with E-state index in [-0.39, 0.29) is 22.8 Å². The Kier molecular flexibility index (Phi) is 5.26. The van der Waals surface area contributed by atoms with Crippen molar-refractivity contribution in [2.75, 3.05) is 12.4 Å². The predicted molar refractivity (Wildman–Crippen MR) is 130 cm³/mol. The number of aromatic hydroxyl groups is 1. The number of ether oxygens (including phenoxy) is 1. The second kappa shape index (κ2) is 8.28. The van der Waals surface area contributed by atoms with Gasteiger partial charge in [0.05, 0.1) is 29.1 Å². The van der Waals surface area contributed by atoms with E-state index in [0.717, 1.165) is 11.1 Å². The lowest BCUT2D eigenvalue weighted by Crippen LogP contribution is -2.05. The minimum atomic E-state index is -0.460. The molecule has 4 aromatic rings. The van der Waals surface area contributed by atoms with Crippen molar-refractivity contribution in [1.29, 1.82) is 0 Å². The Morgan fingerprint density at radius 3 is 2.38 bits per heavy atom. The van der Waals surface area contributed by atoms with Crippen LogP contribution in [0, 0.1) is 6.92 Å². The Morgan fingerprint density at radius 1 is 1.03 bits per heavy atom. The van der Waals surface area contributed by atoms with Gasteiger partial charge < -0.3 is 24.8 Å². The number of methoxy groups -OCH3 is 1. The van der Waals surface area contributed by atoms with Gasteiger partial charge in [-0.05, 0) is 36.2 Å². The first-order chi connectivity index (χ1) is 16.4. The summed E-state index contributed by atoms with van der Waals surface area (Å²) in [6, 6.07) is 17.7. The van der Waals surface area contributed by atoms with Gasteiger partial charge in [0, 0.05) is 22.8 Å². The van der Waals surface area contributed by atoms with E-state index in [1.807, 2.05) is 24.3 Å². The number of aliphatic hydroxyl groups is 1. The SMILES string of the molecule is COc1cccc(-c2ccc(-c3cc4c(cc3Cl)NC(=O)/C4=C(/O)c3cc(C)no3)cc2)c1O. The van der Waals surface area contributed by atoms with Crippen molar-refractivity contribution in [3.05, 3.63) is 82.7 Å². The summed E-state index contributed by atoms with van der Waals surface area (Å²) in [7, 11) is 1.50. The molecule has 8 heteroatoms. The maximum atomic E-state index is 12.6. The number of benzene rings is 3. The van der Waals surface area contributed by atoms with E-state index in [9.17, 15) is 15.0 Å². The zero-order valence-corrected chi connectivity index (χ0v) is 19.0. The number of rotatable bonds is 4. The second-order valence-corrected chi connectivity index (χ2v) is 8.23. The molecule has 0 atom stereocenters. The molecular formula is C26H19ClN2O5. The highest BCUT2D eigenvalue weighted by molar-refractivity contribution is 6.38. The number of aryl methyl sites for hydroxylation is 1. The largest absolute Gasteiger partial charge is 0.504 e. The molecule has 0 saturated heterocycles. The summed E-state index contributed by atoms with van der Waals surface area (Å²) >= 11 is 6.54. The van der Waals surface area contributed by atoms with Gasteiger partial charge in [-0.2, -0.15) is 0 Å². The Bertz CT molecular complexity index is 1470. The fraction of sp³-hybridized carbons (Fsp3) is 0.0769. The summed E-state index contributed by atoms with van der Waals surface area (Å²) in [6.45, 7) is 1.72. The van der Waals surface area contributed by atoms with Crippen molar-refractivity contribution < 1.29 is 24.3 Å². The van der Waals surface area contributed by atoms with Gasteiger partial charge in [-0.3, -0.25) is 4.79 Å². The highest BCUT2D eigenvalue weighted by Gasteiger charge is 2.31. The van der Waals surface area contributed by atoms with Crippen LogP contribution in [0.3, 0.4) is 0 Å². The molecule has 0 aliphatic carbocycles. The lowest BCUT2D eigenvalue weighted by molar-refractivity contribution is -0.110. The Hall–Kier alpha value is -4.23. The number of fused-ring (bicyclic) bond motifs is 1. The van der Waals surface area contributed by atoms with Crippen LogP contribution < -0.4 is 10.1 Å². The molecule has 0 bridgehead atoms. The number of halogens is 1. The smallest absolute Gasteiger partial charge is 0.260 e. The maximum Gasteiger partial charge on any atom is 0.260 e. The average Bonchev–Trinajstić information content (AvgIpc) is 3.40. The molecule has 170 valence electrons. The van der Waals surface area contributed by atoms with E-state index in [0.29, 0.717) is 38.8 Å². The molecule has 3 N–H and O–H groups in total. The average molecular weight is 475 g/mol. The first kappa shape index (κ1) is 21.6. The number of aromatic nitrogens is 1. The number of aliphatic hydroxyl groups excluding tert-OH is 1. The van der Waals surface area contributed by atoms with E-state index >= 15 is 0 Å². The van der Waals surface area contributed by atoms with Crippen LogP contribution in [0.5, 0.6) is 11.5 Å².